The highest BCUT2D eigenvalue weighted by atomic mass is 15.3. The first-order valence-corrected chi connectivity index (χ1v) is 32.0. The minimum absolute atomic E-state index is 0.195. The molecule has 0 saturated heterocycles. The Balaban J connectivity index is 0.937. The quantitative estimate of drug-likeness (QED) is 0.127. The molecule has 93 heavy (non-hydrogen) atoms. The molecular weight excluding hydrogens is 1130 g/mol. The van der Waals surface area contributed by atoms with Gasteiger partial charge in [0.1, 0.15) is 0 Å². The molecule has 5 aromatic heterocycles. The van der Waals surface area contributed by atoms with Gasteiger partial charge in [0.2, 0.25) is 11.9 Å². The van der Waals surface area contributed by atoms with E-state index in [4.69, 9.17) is 15.0 Å². The molecule has 0 fully saturated rings. The van der Waals surface area contributed by atoms with E-state index in [0.717, 1.165) is 71.6 Å². The van der Waals surface area contributed by atoms with Crippen LogP contribution in [0.3, 0.4) is 0 Å². The number of hydrogen-bond acceptors (Lipinski definition) is 3. The van der Waals surface area contributed by atoms with Gasteiger partial charge in [-0.1, -0.05) is 237 Å². The van der Waals surface area contributed by atoms with Crippen LogP contribution in [0, 0.1) is 0 Å². The molecule has 7 nitrogen and oxygen atoms in total. The van der Waals surface area contributed by atoms with Gasteiger partial charge < -0.3 is 9.13 Å². The Labute approximate surface area is 531 Å². The van der Waals surface area contributed by atoms with Gasteiger partial charge in [-0.3, -0.25) is 9.13 Å². The fourth-order valence-corrected chi connectivity index (χ4v) is 17.1. The summed E-state index contributed by atoms with van der Waals surface area (Å²) < 4.78 is 9.70. The third-order valence-corrected chi connectivity index (χ3v) is 20.7. The predicted molar refractivity (Wildman–Crippen MR) is 388 cm³/mol. The highest BCUT2D eigenvalue weighted by molar-refractivity contribution is 7.00. The molecule has 20 aromatic rings. The Hall–Kier alpha value is -12.4. The Morgan fingerprint density at radius 3 is 1.28 bits per heavy atom. The van der Waals surface area contributed by atoms with E-state index < -0.39 is 0 Å². The zero-order valence-corrected chi connectivity index (χ0v) is 49.9. The van der Waals surface area contributed by atoms with Crippen LogP contribution in [0.1, 0.15) is 0 Å². The summed E-state index contributed by atoms with van der Waals surface area (Å²) in [6.45, 7) is -0.195. The molecule has 426 valence electrons. The summed E-state index contributed by atoms with van der Waals surface area (Å²) in [7, 11) is 0. The lowest BCUT2D eigenvalue weighted by Crippen LogP contribution is -2.59. The molecule has 0 amide bonds. The molecule has 0 spiro atoms. The fourth-order valence-electron chi connectivity index (χ4n) is 17.1. The lowest BCUT2D eigenvalue weighted by molar-refractivity contribution is 0.892. The van der Waals surface area contributed by atoms with Crippen molar-refractivity contribution in [2.75, 3.05) is 0 Å². The van der Waals surface area contributed by atoms with Gasteiger partial charge in [0.25, 0.3) is 6.71 Å². The molecule has 22 rings (SSSR count). The van der Waals surface area contributed by atoms with Crippen LogP contribution >= 0.6 is 0 Å². The molecule has 2 aliphatic heterocycles. The largest absolute Gasteiger partial charge is 0.310 e. The van der Waals surface area contributed by atoms with Gasteiger partial charge in [0.15, 0.2) is 5.82 Å². The van der Waals surface area contributed by atoms with Crippen molar-refractivity contribution < 1.29 is 0 Å². The molecule has 0 radical (unpaired) electrons. The van der Waals surface area contributed by atoms with Gasteiger partial charge in [0, 0.05) is 70.9 Å². The number of nitrogens with zero attached hydrogens (tertiary/aromatic N) is 7. The maximum absolute atomic E-state index is 5.80. The minimum Gasteiger partial charge on any atom is -0.310 e. The molecule has 0 N–H and O–H groups in total. The number of aromatic nitrogens is 7. The van der Waals surface area contributed by atoms with E-state index in [1.807, 2.05) is 0 Å². The molecule has 2 aliphatic rings. The molecule has 0 atom stereocenters. The summed E-state index contributed by atoms with van der Waals surface area (Å²) in [5.41, 5.74) is 20.5. The van der Waals surface area contributed by atoms with Gasteiger partial charge in [-0.15, -0.1) is 0 Å². The van der Waals surface area contributed by atoms with Gasteiger partial charge >= 0.3 is 0 Å². The van der Waals surface area contributed by atoms with Crippen LogP contribution in [0.15, 0.2) is 291 Å². The summed E-state index contributed by atoms with van der Waals surface area (Å²) in [4.78, 5) is 17.2. The summed E-state index contributed by atoms with van der Waals surface area (Å²) in [6.07, 6.45) is 0. The van der Waals surface area contributed by atoms with Crippen molar-refractivity contribution in [3.05, 3.63) is 291 Å². The molecule has 0 bridgehead atoms. The van der Waals surface area contributed by atoms with E-state index >= 15 is 0 Å². The maximum atomic E-state index is 5.80. The molecular formula is C85H48BN7. The third kappa shape index (κ3) is 6.50. The van der Waals surface area contributed by atoms with Crippen molar-refractivity contribution >= 4 is 153 Å². The fraction of sp³-hybridized carbons (Fsp3) is 0. The van der Waals surface area contributed by atoms with Gasteiger partial charge in [-0.05, 0) is 131 Å². The first-order chi connectivity index (χ1) is 46.2. The van der Waals surface area contributed by atoms with Crippen LogP contribution in [0.25, 0.3) is 187 Å². The maximum Gasteiger partial charge on any atom is 0.252 e. The molecule has 0 saturated carbocycles. The third-order valence-electron chi connectivity index (χ3n) is 20.7. The topological polar surface area (TPSA) is 58.4 Å². The van der Waals surface area contributed by atoms with E-state index in [-0.39, 0.29) is 6.71 Å². The van der Waals surface area contributed by atoms with E-state index in [0.29, 0.717) is 17.7 Å². The monoisotopic (exact) mass is 1180 g/mol. The second kappa shape index (κ2) is 18.2. The van der Waals surface area contributed by atoms with Crippen LogP contribution in [-0.4, -0.2) is 39.9 Å². The van der Waals surface area contributed by atoms with Gasteiger partial charge in [-0.2, -0.15) is 15.0 Å². The Morgan fingerprint density at radius 1 is 0.247 bits per heavy atom. The number of fused-ring (bicyclic) bond motifs is 25. The molecule has 8 heteroatoms. The number of benzene rings is 15. The molecule has 15 aromatic carbocycles. The van der Waals surface area contributed by atoms with E-state index in [9.17, 15) is 0 Å². The minimum atomic E-state index is -0.195. The van der Waals surface area contributed by atoms with Crippen LogP contribution in [-0.2, 0) is 0 Å². The van der Waals surface area contributed by atoms with Crippen LogP contribution in [0.4, 0.5) is 0 Å². The zero-order valence-electron chi connectivity index (χ0n) is 49.9. The average molecular weight is 1180 g/mol. The first-order valence-electron chi connectivity index (χ1n) is 32.0. The van der Waals surface area contributed by atoms with Crippen molar-refractivity contribution in [1.29, 1.82) is 0 Å². The summed E-state index contributed by atoms with van der Waals surface area (Å²) in [5, 5.41) is 19.4. The van der Waals surface area contributed by atoms with E-state index in [2.05, 4.69) is 309 Å². The predicted octanol–water partition coefficient (Wildman–Crippen LogP) is 19.0. The lowest BCUT2D eigenvalue weighted by atomic mass is 9.34. The summed E-state index contributed by atoms with van der Waals surface area (Å²) >= 11 is 0. The first kappa shape index (κ1) is 49.5. The second-order valence-corrected chi connectivity index (χ2v) is 25.3. The normalized spacial score (nSPS) is 12.7. The second-order valence-electron chi connectivity index (χ2n) is 25.3. The average Bonchev–Trinajstić information content (AvgIpc) is 1.55. The molecule has 7 heterocycles. The lowest BCUT2D eigenvalue weighted by Gasteiger charge is -2.34. The summed E-state index contributed by atoms with van der Waals surface area (Å²) in [5.74, 6) is 1.65. The van der Waals surface area contributed by atoms with Crippen molar-refractivity contribution in [3.8, 4) is 56.9 Å². The molecule has 0 aliphatic carbocycles. The number of hydrogen-bond donors (Lipinski definition) is 0. The Morgan fingerprint density at radius 2 is 0.688 bits per heavy atom. The van der Waals surface area contributed by atoms with Crippen molar-refractivity contribution in [3.63, 3.8) is 0 Å². The smallest absolute Gasteiger partial charge is 0.252 e. The highest BCUT2D eigenvalue weighted by Crippen LogP contribution is 2.48. The van der Waals surface area contributed by atoms with E-state index in [1.165, 1.54) is 114 Å². The molecule has 0 unspecified atom stereocenters. The van der Waals surface area contributed by atoms with Crippen LogP contribution in [0.5, 0.6) is 0 Å². The standard InChI is InChI=1S/C85H48BN7/c1-2-22-49(23-3-1)53-25-6-7-26-54(53)51-44-66-79-74(43-42-64-58-30-9-8-28-56(58)57-29-10-11-35-63(57)77(64)79)91-76-48-52(47-75-80(76)86(67(46-51)81(66)91)68-45-50-24-4-5-27-55(50)78-65-36-16-21-41-73(65)90(75)82(68)78)83-87-84(92-69-37-17-12-31-59(69)60-32-13-18-38-70(60)92)89-85(88-83)93-71-39-19-14-33-61(71)62-34-15-20-40-72(62)93/h1-48H. The Kier molecular flexibility index (Phi) is 9.66. The van der Waals surface area contributed by atoms with E-state index in [1.54, 1.807) is 0 Å². The van der Waals surface area contributed by atoms with Crippen molar-refractivity contribution in [2.24, 2.45) is 0 Å². The Bertz CT molecular complexity index is 6490. The summed E-state index contributed by atoms with van der Waals surface area (Å²) in [6, 6.07) is 108. The number of rotatable bonds is 5. The van der Waals surface area contributed by atoms with Gasteiger partial charge in [0.05, 0.1) is 38.6 Å². The van der Waals surface area contributed by atoms with Crippen molar-refractivity contribution in [1.82, 2.24) is 33.2 Å². The number of para-hydroxylation sites is 5. The zero-order chi connectivity index (χ0) is 60.3. The van der Waals surface area contributed by atoms with Crippen LogP contribution < -0.4 is 16.4 Å². The highest BCUT2D eigenvalue weighted by Gasteiger charge is 2.43. The van der Waals surface area contributed by atoms with Crippen molar-refractivity contribution in [2.45, 2.75) is 0 Å². The SMILES string of the molecule is c1ccc(-c2ccccc2-c2cc3c4c(c2)c2c5c6ccccc6c6ccccc6c5ccc2n4-c2cc(-c4nc(-n5c6ccccc6c6ccccc65)nc(-n5c6ccccc6c6ccccc65)n4)cc4c2B3c2cc3ccccc3c3c5ccccc5n-4c23)cc1. The van der Waals surface area contributed by atoms with Gasteiger partial charge in [-0.25, -0.2) is 0 Å². The van der Waals surface area contributed by atoms with Crippen LogP contribution in [0.2, 0.25) is 0 Å².